The van der Waals surface area contributed by atoms with Gasteiger partial charge in [-0.2, -0.15) is 0 Å². The summed E-state index contributed by atoms with van der Waals surface area (Å²) in [7, 11) is 0. The van der Waals surface area contributed by atoms with Crippen molar-refractivity contribution < 1.29 is 19.1 Å². The molecule has 2 amide bonds. The van der Waals surface area contributed by atoms with E-state index in [-0.39, 0.29) is 30.6 Å². The lowest BCUT2D eigenvalue weighted by atomic mass is 9.94. The number of amides is 2. The van der Waals surface area contributed by atoms with Crippen LogP contribution in [0.15, 0.2) is 48.5 Å². The Morgan fingerprint density at radius 3 is 2.57 bits per heavy atom. The van der Waals surface area contributed by atoms with Crippen molar-refractivity contribution in [3.63, 3.8) is 0 Å². The van der Waals surface area contributed by atoms with Gasteiger partial charge in [0, 0.05) is 18.2 Å². The molecular formula is C23H27N3O4. The predicted octanol–water partition coefficient (Wildman–Crippen LogP) is 2.77. The number of hydrogen-bond acceptors (Lipinski definition) is 5. The van der Waals surface area contributed by atoms with E-state index in [1.54, 1.807) is 0 Å². The van der Waals surface area contributed by atoms with Gasteiger partial charge in [0.2, 0.25) is 18.6 Å². The number of carbonyl (C=O) groups is 2. The number of anilines is 1. The molecule has 1 unspecified atom stereocenters. The van der Waals surface area contributed by atoms with Crippen molar-refractivity contribution in [2.24, 2.45) is 5.92 Å². The van der Waals surface area contributed by atoms with Crippen LogP contribution >= 0.6 is 0 Å². The van der Waals surface area contributed by atoms with Crippen LogP contribution in [-0.4, -0.2) is 42.6 Å². The summed E-state index contributed by atoms with van der Waals surface area (Å²) in [5, 5.41) is 5.98. The van der Waals surface area contributed by atoms with Crippen LogP contribution in [0.2, 0.25) is 0 Å². The average Bonchev–Trinajstić information content (AvgIpc) is 3.25. The summed E-state index contributed by atoms with van der Waals surface area (Å²) in [6.07, 6.45) is 1.50. The molecule has 30 heavy (non-hydrogen) atoms. The quantitative estimate of drug-likeness (QED) is 0.767. The fraction of sp³-hybridized carbons (Fsp3) is 0.391. The zero-order chi connectivity index (χ0) is 20.9. The third-order valence-corrected chi connectivity index (χ3v) is 5.77. The van der Waals surface area contributed by atoms with Crippen LogP contribution in [-0.2, 0) is 16.1 Å². The molecule has 2 aromatic carbocycles. The molecule has 2 aliphatic rings. The number of ether oxygens (including phenoxy) is 2. The van der Waals surface area contributed by atoms with Crippen molar-refractivity contribution in [2.75, 3.05) is 25.2 Å². The maximum Gasteiger partial charge on any atom is 0.237 e. The molecule has 0 spiro atoms. The molecule has 158 valence electrons. The van der Waals surface area contributed by atoms with Crippen molar-refractivity contribution in [2.45, 2.75) is 32.4 Å². The van der Waals surface area contributed by atoms with Crippen LogP contribution in [0.5, 0.6) is 11.5 Å². The van der Waals surface area contributed by atoms with E-state index in [2.05, 4.69) is 15.5 Å². The van der Waals surface area contributed by atoms with Gasteiger partial charge in [-0.1, -0.05) is 24.3 Å². The summed E-state index contributed by atoms with van der Waals surface area (Å²) in [6.45, 7) is 4.05. The fourth-order valence-corrected chi connectivity index (χ4v) is 3.87. The van der Waals surface area contributed by atoms with Gasteiger partial charge in [0.1, 0.15) is 0 Å². The molecule has 1 atom stereocenters. The second kappa shape index (κ2) is 9.17. The Morgan fingerprint density at radius 2 is 1.80 bits per heavy atom. The summed E-state index contributed by atoms with van der Waals surface area (Å²) in [5.41, 5.74) is 1.79. The number of fused-ring (bicyclic) bond motifs is 1. The maximum atomic E-state index is 12.6. The van der Waals surface area contributed by atoms with Gasteiger partial charge < -0.3 is 20.1 Å². The Hall–Kier alpha value is -3.06. The van der Waals surface area contributed by atoms with Gasteiger partial charge in [0.15, 0.2) is 11.5 Å². The van der Waals surface area contributed by atoms with Gasteiger partial charge in [0.05, 0.1) is 6.04 Å². The lowest BCUT2D eigenvalue weighted by molar-refractivity contribution is -0.127. The normalized spacial score (nSPS) is 17.4. The second-order valence-electron chi connectivity index (χ2n) is 7.75. The van der Waals surface area contributed by atoms with Gasteiger partial charge in [0.25, 0.3) is 0 Å². The number of piperidine rings is 1. The molecule has 2 aromatic rings. The van der Waals surface area contributed by atoms with E-state index in [1.807, 2.05) is 55.5 Å². The monoisotopic (exact) mass is 409 g/mol. The van der Waals surface area contributed by atoms with Crippen molar-refractivity contribution in [1.82, 2.24) is 10.2 Å². The second-order valence-corrected chi connectivity index (χ2v) is 7.75. The molecule has 0 aliphatic carbocycles. The van der Waals surface area contributed by atoms with Gasteiger partial charge in [-0.25, -0.2) is 0 Å². The summed E-state index contributed by atoms with van der Waals surface area (Å²) in [6, 6.07) is 15.0. The number of carbonyl (C=O) groups excluding carboxylic acids is 2. The molecule has 7 heteroatoms. The SMILES string of the molecule is CC(C(=O)NCc1ccc2c(c1)OCO2)N1CCC(C(=O)Nc2ccccc2)CC1. The molecule has 2 heterocycles. The van der Waals surface area contributed by atoms with Gasteiger partial charge in [-0.05, 0) is 62.7 Å². The smallest absolute Gasteiger partial charge is 0.237 e. The molecule has 7 nitrogen and oxygen atoms in total. The number of nitrogens with zero attached hydrogens (tertiary/aromatic N) is 1. The largest absolute Gasteiger partial charge is 0.454 e. The average molecular weight is 409 g/mol. The minimum absolute atomic E-state index is 0.0140. The van der Waals surface area contributed by atoms with E-state index < -0.39 is 0 Å². The molecule has 1 fully saturated rings. The number of rotatable bonds is 6. The first-order valence-corrected chi connectivity index (χ1v) is 10.4. The highest BCUT2D eigenvalue weighted by atomic mass is 16.7. The lowest BCUT2D eigenvalue weighted by Gasteiger charge is -2.34. The lowest BCUT2D eigenvalue weighted by Crippen LogP contribution is -2.49. The Balaban J connectivity index is 1.23. The Labute approximate surface area is 176 Å². The highest BCUT2D eigenvalue weighted by molar-refractivity contribution is 5.92. The highest BCUT2D eigenvalue weighted by Gasteiger charge is 2.29. The molecular weight excluding hydrogens is 382 g/mol. The summed E-state index contributed by atoms with van der Waals surface area (Å²) >= 11 is 0. The molecule has 0 aromatic heterocycles. The molecule has 2 aliphatic heterocycles. The summed E-state index contributed by atoms with van der Waals surface area (Å²) in [4.78, 5) is 27.2. The van der Waals surface area contributed by atoms with Crippen LogP contribution in [0.25, 0.3) is 0 Å². The number of likely N-dealkylation sites (tertiary alicyclic amines) is 1. The van der Waals surface area contributed by atoms with E-state index in [9.17, 15) is 9.59 Å². The molecule has 4 rings (SSSR count). The summed E-state index contributed by atoms with van der Waals surface area (Å²) < 4.78 is 10.7. The maximum absolute atomic E-state index is 12.6. The number of para-hydroxylation sites is 1. The minimum Gasteiger partial charge on any atom is -0.454 e. The molecule has 0 bridgehead atoms. The molecule has 0 saturated carbocycles. The first-order chi connectivity index (χ1) is 14.6. The van der Waals surface area contributed by atoms with E-state index in [1.165, 1.54) is 0 Å². The third kappa shape index (κ3) is 4.74. The standard InChI is InChI=1S/C23H27N3O4/c1-16(22(27)24-14-17-7-8-20-21(13-17)30-15-29-20)26-11-9-18(10-12-26)23(28)25-19-5-3-2-4-6-19/h2-8,13,16,18H,9-12,14-15H2,1H3,(H,24,27)(H,25,28). The molecule has 1 saturated heterocycles. The number of hydrogen-bond donors (Lipinski definition) is 2. The van der Waals surface area contributed by atoms with Gasteiger partial charge >= 0.3 is 0 Å². The predicted molar refractivity (Wildman–Crippen MR) is 113 cm³/mol. The van der Waals surface area contributed by atoms with Crippen molar-refractivity contribution >= 4 is 17.5 Å². The van der Waals surface area contributed by atoms with E-state index >= 15 is 0 Å². The Bertz CT molecular complexity index is 895. The van der Waals surface area contributed by atoms with Crippen LogP contribution in [0.1, 0.15) is 25.3 Å². The van der Waals surface area contributed by atoms with Crippen LogP contribution in [0, 0.1) is 5.92 Å². The molecule has 0 radical (unpaired) electrons. The minimum atomic E-state index is -0.239. The summed E-state index contributed by atoms with van der Waals surface area (Å²) in [5.74, 6) is 1.47. The zero-order valence-electron chi connectivity index (χ0n) is 17.1. The van der Waals surface area contributed by atoms with Crippen molar-refractivity contribution in [3.8, 4) is 11.5 Å². The van der Waals surface area contributed by atoms with E-state index in [0.29, 0.717) is 12.3 Å². The fourth-order valence-electron chi connectivity index (χ4n) is 3.87. The Kier molecular flexibility index (Phi) is 6.18. The van der Waals surface area contributed by atoms with Crippen LogP contribution in [0.4, 0.5) is 5.69 Å². The van der Waals surface area contributed by atoms with E-state index in [0.717, 1.165) is 42.9 Å². The first-order valence-electron chi connectivity index (χ1n) is 10.4. The first kappa shape index (κ1) is 20.2. The zero-order valence-corrected chi connectivity index (χ0v) is 17.1. The highest BCUT2D eigenvalue weighted by Crippen LogP contribution is 2.32. The number of nitrogens with one attached hydrogen (secondary N) is 2. The number of benzene rings is 2. The van der Waals surface area contributed by atoms with Crippen LogP contribution in [0.3, 0.4) is 0 Å². The van der Waals surface area contributed by atoms with Crippen LogP contribution < -0.4 is 20.1 Å². The Morgan fingerprint density at radius 1 is 1.07 bits per heavy atom. The third-order valence-electron chi connectivity index (χ3n) is 5.77. The topological polar surface area (TPSA) is 79.9 Å². The van der Waals surface area contributed by atoms with Gasteiger partial charge in [-0.15, -0.1) is 0 Å². The molecule has 2 N–H and O–H groups in total. The van der Waals surface area contributed by atoms with E-state index in [4.69, 9.17) is 9.47 Å². The van der Waals surface area contributed by atoms with Crippen molar-refractivity contribution in [1.29, 1.82) is 0 Å². The van der Waals surface area contributed by atoms with Gasteiger partial charge in [-0.3, -0.25) is 14.5 Å². The van der Waals surface area contributed by atoms with Crippen molar-refractivity contribution in [3.05, 3.63) is 54.1 Å².